The Balaban J connectivity index is 0. The zero-order chi connectivity index (χ0) is 26.4. The molecule has 0 bridgehead atoms. The maximum absolute atomic E-state index is 12.6. The van der Waals surface area contributed by atoms with Gasteiger partial charge in [0.2, 0.25) is 0 Å². The number of rotatable bonds is 10. The lowest BCUT2D eigenvalue weighted by atomic mass is 10.1. The molecule has 34 heavy (non-hydrogen) atoms. The highest BCUT2D eigenvalue weighted by molar-refractivity contribution is 5.89. The fourth-order valence-corrected chi connectivity index (χ4v) is 3.02. The standard InChI is InChI=1S/C24H29N3O.3C2H6/c1-5-11-21(6-2)15-23-16-25-19-27(23)17-20(4)14-24(28)26(7-3)18-22-12-9-8-10-13-22;3*1-2/h5-7,9,11-14,16,19H,1-3,8,10,15,17-18H2,4H3;3*1-2H3/b20-14+,21-11+;;;. The largest absolute Gasteiger partial charge is 0.330 e. The van der Waals surface area contributed by atoms with Crippen molar-refractivity contribution < 1.29 is 4.79 Å². The van der Waals surface area contributed by atoms with Gasteiger partial charge >= 0.3 is 0 Å². The van der Waals surface area contributed by atoms with Gasteiger partial charge in [0.25, 0.3) is 5.91 Å². The van der Waals surface area contributed by atoms with Crippen molar-refractivity contribution in [2.45, 2.75) is 74.3 Å². The second kappa shape index (κ2) is 21.7. The molecule has 1 heterocycles. The number of allylic oxidation sites excluding steroid dienone is 7. The van der Waals surface area contributed by atoms with E-state index in [1.54, 1.807) is 29.6 Å². The number of imidazole rings is 1. The molecular weight excluding hydrogens is 418 g/mol. The lowest BCUT2D eigenvalue weighted by molar-refractivity contribution is -0.123. The highest BCUT2D eigenvalue weighted by Crippen LogP contribution is 2.14. The van der Waals surface area contributed by atoms with Gasteiger partial charge in [0.05, 0.1) is 12.9 Å². The van der Waals surface area contributed by atoms with E-state index in [1.807, 2.05) is 71.4 Å². The maximum atomic E-state index is 12.6. The van der Waals surface area contributed by atoms with Gasteiger partial charge in [-0.1, -0.05) is 97.7 Å². The van der Waals surface area contributed by atoms with Gasteiger partial charge < -0.3 is 9.47 Å². The lowest BCUT2D eigenvalue weighted by Gasteiger charge is -2.19. The topological polar surface area (TPSA) is 38.1 Å². The third kappa shape index (κ3) is 12.8. The smallest absolute Gasteiger partial charge is 0.250 e. The molecule has 1 aliphatic rings. The summed E-state index contributed by atoms with van der Waals surface area (Å²) in [4.78, 5) is 18.5. The molecule has 0 radical (unpaired) electrons. The van der Waals surface area contributed by atoms with Gasteiger partial charge in [0.15, 0.2) is 0 Å². The van der Waals surface area contributed by atoms with Crippen LogP contribution in [-0.4, -0.2) is 26.9 Å². The Labute approximate surface area is 209 Å². The van der Waals surface area contributed by atoms with Crippen LogP contribution in [0.1, 0.15) is 67.0 Å². The summed E-state index contributed by atoms with van der Waals surface area (Å²) in [5.41, 5.74) is 4.23. The Morgan fingerprint density at radius 1 is 1.12 bits per heavy atom. The molecule has 0 aromatic carbocycles. The average molecular weight is 466 g/mol. The minimum Gasteiger partial charge on any atom is -0.330 e. The Hall–Kier alpha value is -3.14. The van der Waals surface area contributed by atoms with Crippen molar-refractivity contribution in [3.8, 4) is 0 Å². The second-order valence-corrected chi connectivity index (χ2v) is 6.77. The number of hydrogen-bond donors (Lipinski definition) is 0. The lowest BCUT2D eigenvalue weighted by Crippen LogP contribution is -2.26. The van der Waals surface area contributed by atoms with Crippen LogP contribution in [0, 0.1) is 0 Å². The monoisotopic (exact) mass is 465 g/mol. The van der Waals surface area contributed by atoms with Crippen molar-refractivity contribution >= 4 is 5.91 Å². The number of nitrogens with zero attached hydrogens (tertiary/aromatic N) is 3. The molecule has 0 aliphatic heterocycles. The van der Waals surface area contributed by atoms with Gasteiger partial charge in [-0.05, 0) is 36.5 Å². The molecule has 0 saturated carbocycles. The Kier molecular flexibility index (Phi) is 21.1. The summed E-state index contributed by atoms with van der Waals surface area (Å²) in [5.74, 6) is -0.0626. The van der Waals surface area contributed by atoms with Crippen molar-refractivity contribution in [2.75, 3.05) is 6.54 Å². The van der Waals surface area contributed by atoms with E-state index in [0.29, 0.717) is 13.1 Å². The van der Waals surface area contributed by atoms with E-state index in [2.05, 4.69) is 42.9 Å². The predicted molar refractivity (Wildman–Crippen MR) is 151 cm³/mol. The summed E-state index contributed by atoms with van der Waals surface area (Å²) in [6, 6.07) is 0. The molecule has 188 valence electrons. The van der Waals surface area contributed by atoms with Crippen molar-refractivity contribution in [2.24, 2.45) is 0 Å². The summed E-state index contributed by atoms with van der Waals surface area (Å²) in [6.45, 7) is 26.5. The highest BCUT2D eigenvalue weighted by atomic mass is 16.2. The van der Waals surface area contributed by atoms with E-state index in [9.17, 15) is 4.79 Å². The van der Waals surface area contributed by atoms with Gasteiger partial charge in [-0.2, -0.15) is 0 Å². The van der Waals surface area contributed by atoms with Crippen LogP contribution >= 0.6 is 0 Å². The van der Waals surface area contributed by atoms with Crippen molar-refractivity contribution in [1.29, 1.82) is 0 Å². The summed E-state index contributed by atoms with van der Waals surface area (Å²) in [6.07, 6.45) is 21.6. The normalized spacial score (nSPS) is 12.4. The Bertz CT molecular complexity index is 850. The summed E-state index contributed by atoms with van der Waals surface area (Å²) in [7, 11) is 0. The van der Waals surface area contributed by atoms with Crippen LogP contribution in [0.25, 0.3) is 0 Å². The third-order valence-electron chi connectivity index (χ3n) is 4.50. The molecule has 0 spiro atoms. The molecule has 0 atom stereocenters. The maximum Gasteiger partial charge on any atom is 0.250 e. The molecule has 0 N–H and O–H groups in total. The molecule has 1 aromatic rings. The van der Waals surface area contributed by atoms with Crippen LogP contribution < -0.4 is 0 Å². The first-order chi connectivity index (χ1) is 16.6. The SMILES string of the molecule is C=C/C=C(\C=C)Cc1cncn1C/C(C)=C/C(=O)N(C=C)CC1=CCCC=C1.CC.CC.CC. The van der Waals surface area contributed by atoms with E-state index < -0.39 is 0 Å². The number of aromatic nitrogens is 2. The van der Waals surface area contributed by atoms with E-state index in [-0.39, 0.29) is 5.91 Å². The van der Waals surface area contributed by atoms with Crippen LogP contribution in [0.5, 0.6) is 0 Å². The third-order valence-corrected chi connectivity index (χ3v) is 4.50. The molecule has 2 rings (SSSR count). The molecule has 1 aromatic heterocycles. The quantitative estimate of drug-likeness (QED) is 0.259. The number of amides is 1. The van der Waals surface area contributed by atoms with Crippen LogP contribution in [0.3, 0.4) is 0 Å². The fourth-order valence-electron chi connectivity index (χ4n) is 3.02. The van der Waals surface area contributed by atoms with Crippen LogP contribution in [0.4, 0.5) is 0 Å². The summed E-state index contributed by atoms with van der Waals surface area (Å²) < 4.78 is 2.05. The van der Waals surface area contributed by atoms with Crippen molar-refractivity contribution in [3.63, 3.8) is 0 Å². The van der Waals surface area contributed by atoms with Gasteiger partial charge in [-0.3, -0.25) is 4.79 Å². The number of hydrogen-bond acceptors (Lipinski definition) is 2. The van der Waals surface area contributed by atoms with E-state index in [4.69, 9.17) is 0 Å². The molecule has 0 saturated heterocycles. The van der Waals surface area contributed by atoms with E-state index in [1.165, 1.54) is 0 Å². The van der Waals surface area contributed by atoms with Gasteiger partial charge in [0.1, 0.15) is 0 Å². The first-order valence-corrected chi connectivity index (χ1v) is 12.5. The Morgan fingerprint density at radius 3 is 2.32 bits per heavy atom. The average Bonchev–Trinajstić information content (AvgIpc) is 3.32. The second-order valence-electron chi connectivity index (χ2n) is 6.77. The predicted octanol–water partition coefficient (Wildman–Crippen LogP) is 8.00. The zero-order valence-electron chi connectivity index (χ0n) is 22.7. The molecule has 4 heteroatoms. The van der Waals surface area contributed by atoms with Crippen LogP contribution in [0.2, 0.25) is 0 Å². The molecule has 4 nitrogen and oxygen atoms in total. The molecule has 1 amide bonds. The van der Waals surface area contributed by atoms with Gasteiger partial charge in [-0.15, -0.1) is 0 Å². The minimum atomic E-state index is -0.0626. The first kappa shape index (κ1) is 33.0. The van der Waals surface area contributed by atoms with Gasteiger partial charge in [-0.25, -0.2) is 4.98 Å². The van der Waals surface area contributed by atoms with Crippen molar-refractivity contribution in [3.05, 3.63) is 103 Å². The molecular formula is C30H47N3O. The molecule has 1 aliphatic carbocycles. The molecule has 0 fully saturated rings. The van der Waals surface area contributed by atoms with Crippen molar-refractivity contribution in [1.82, 2.24) is 14.5 Å². The minimum absolute atomic E-state index is 0.0626. The number of carbonyl (C=O) groups is 1. The van der Waals surface area contributed by atoms with E-state index in [0.717, 1.165) is 41.7 Å². The highest BCUT2D eigenvalue weighted by Gasteiger charge is 2.11. The Morgan fingerprint density at radius 2 is 1.79 bits per heavy atom. The van der Waals surface area contributed by atoms with Gasteiger partial charge in [0, 0.05) is 37.1 Å². The fraction of sp³-hybridized carbons (Fsp3) is 0.400. The number of carbonyl (C=O) groups excluding carboxylic acids is 1. The van der Waals surface area contributed by atoms with Crippen LogP contribution in [0.15, 0.2) is 97.7 Å². The first-order valence-electron chi connectivity index (χ1n) is 12.5. The van der Waals surface area contributed by atoms with E-state index >= 15 is 0 Å². The van der Waals surface area contributed by atoms with Crippen LogP contribution in [-0.2, 0) is 17.8 Å². The zero-order valence-corrected chi connectivity index (χ0v) is 22.7. The molecule has 0 unspecified atom stereocenters. The summed E-state index contributed by atoms with van der Waals surface area (Å²) >= 11 is 0. The summed E-state index contributed by atoms with van der Waals surface area (Å²) in [5, 5.41) is 0.